The molecule has 0 saturated heterocycles. The first-order valence-corrected chi connectivity index (χ1v) is 10.8. The zero-order valence-electron chi connectivity index (χ0n) is 19.1. The van der Waals surface area contributed by atoms with E-state index in [1.54, 1.807) is 0 Å². The molecule has 2 rings (SSSR count). The number of carbonyl (C=O) groups is 2. The molecule has 0 fully saturated rings. The Morgan fingerprint density at radius 2 is 1.81 bits per heavy atom. The second kappa shape index (κ2) is 12.5. The van der Waals surface area contributed by atoms with E-state index in [0.717, 1.165) is 24.4 Å². The lowest BCUT2D eigenvalue weighted by molar-refractivity contribution is -0.141. The number of hydrogen-bond donors (Lipinski definition) is 3. The van der Waals surface area contributed by atoms with Crippen molar-refractivity contribution >= 4 is 23.4 Å². The van der Waals surface area contributed by atoms with Gasteiger partial charge in [0.15, 0.2) is 13.2 Å². The number of benzene rings is 1. The van der Waals surface area contributed by atoms with Gasteiger partial charge in [-0.2, -0.15) is 13.2 Å². The van der Waals surface area contributed by atoms with Crippen molar-refractivity contribution < 1.29 is 41.7 Å². The molecule has 0 aliphatic heterocycles. The third kappa shape index (κ3) is 9.70. The monoisotopic (exact) mass is 533 g/mol. The first-order chi connectivity index (χ1) is 16.8. The number of pyridine rings is 1. The van der Waals surface area contributed by atoms with E-state index >= 15 is 0 Å². The van der Waals surface area contributed by atoms with Crippen LogP contribution in [0.25, 0.3) is 0 Å². The average molecular weight is 534 g/mol. The summed E-state index contributed by atoms with van der Waals surface area (Å²) >= 11 is 5.59. The maximum Gasteiger partial charge on any atom is 0.433 e. The first-order valence-electron chi connectivity index (χ1n) is 10.4. The van der Waals surface area contributed by atoms with E-state index < -0.39 is 54.4 Å². The Balaban J connectivity index is 1.76. The summed E-state index contributed by atoms with van der Waals surface area (Å²) in [5.74, 6) is -1.83. The van der Waals surface area contributed by atoms with Gasteiger partial charge in [0.2, 0.25) is 0 Å². The normalized spacial score (nSPS) is 13.8. The van der Waals surface area contributed by atoms with Crippen LogP contribution in [0.3, 0.4) is 0 Å². The van der Waals surface area contributed by atoms with Gasteiger partial charge in [0.25, 0.3) is 11.8 Å². The van der Waals surface area contributed by atoms with Gasteiger partial charge in [-0.3, -0.25) is 9.59 Å². The van der Waals surface area contributed by atoms with Crippen LogP contribution < -0.4 is 20.1 Å². The number of nitrogens with zero attached hydrogens (tertiary/aromatic N) is 1. The Bertz CT molecular complexity index is 1060. The van der Waals surface area contributed by atoms with Crippen molar-refractivity contribution in [2.75, 3.05) is 19.8 Å². The van der Waals surface area contributed by atoms with E-state index in [9.17, 15) is 32.3 Å². The van der Waals surface area contributed by atoms with E-state index in [1.807, 2.05) is 0 Å². The van der Waals surface area contributed by atoms with Gasteiger partial charge in [0.05, 0.1) is 16.8 Å². The highest BCUT2D eigenvalue weighted by Gasteiger charge is 2.32. The summed E-state index contributed by atoms with van der Waals surface area (Å²) < 4.78 is 61.3. The number of aromatic nitrogens is 1. The molecule has 0 aliphatic rings. The summed E-state index contributed by atoms with van der Waals surface area (Å²) in [6.07, 6.45) is -2.39. The number of ether oxygens (including phenoxy) is 2. The number of nitrogens with one attached hydrogen (secondary N) is 2. The van der Waals surface area contributed by atoms with Gasteiger partial charge in [-0.15, -0.1) is 6.58 Å². The van der Waals surface area contributed by atoms with E-state index in [-0.39, 0.29) is 29.5 Å². The van der Waals surface area contributed by atoms with E-state index in [2.05, 4.69) is 22.2 Å². The Kier molecular flexibility index (Phi) is 10.1. The van der Waals surface area contributed by atoms with Crippen molar-refractivity contribution in [3.05, 3.63) is 65.7 Å². The van der Waals surface area contributed by atoms with Crippen LogP contribution in [-0.2, 0) is 15.8 Å². The van der Waals surface area contributed by atoms with Crippen molar-refractivity contribution in [1.82, 2.24) is 15.6 Å². The molecule has 8 nitrogen and oxygen atoms in total. The lowest BCUT2D eigenvalue weighted by Crippen LogP contribution is -2.47. The van der Waals surface area contributed by atoms with E-state index in [1.165, 1.54) is 25.1 Å². The maximum atomic E-state index is 13.4. The highest BCUT2D eigenvalue weighted by atomic mass is 35.5. The Hall–Kier alpha value is -3.38. The molecular formula is C23H24ClF4N3O5. The predicted octanol–water partition coefficient (Wildman–Crippen LogP) is 3.28. The van der Waals surface area contributed by atoms with Gasteiger partial charge in [-0.1, -0.05) is 17.7 Å². The molecule has 0 radical (unpaired) electrons. The molecule has 3 N–H and O–H groups in total. The van der Waals surface area contributed by atoms with Gasteiger partial charge in [-0.25, -0.2) is 9.37 Å². The number of alkyl halides is 3. The van der Waals surface area contributed by atoms with Crippen molar-refractivity contribution in [1.29, 1.82) is 0 Å². The number of hydrogen-bond acceptors (Lipinski definition) is 6. The fourth-order valence-corrected chi connectivity index (χ4v) is 2.94. The van der Waals surface area contributed by atoms with Crippen LogP contribution in [0.2, 0.25) is 5.02 Å². The van der Waals surface area contributed by atoms with E-state index in [0.29, 0.717) is 0 Å². The molecule has 0 bridgehead atoms. The molecule has 13 heteroatoms. The van der Waals surface area contributed by atoms with Crippen LogP contribution >= 0.6 is 11.6 Å². The Morgan fingerprint density at radius 3 is 2.39 bits per heavy atom. The minimum absolute atomic E-state index is 0.0260. The van der Waals surface area contributed by atoms with Gasteiger partial charge < -0.3 is 25.2 Å². The van der Waals surface area contributed by atoms with Crippen molar-refractivity contribution in [2.24, 2.45) is 0 Å². The van der Waals surface area contributed by atoms with Crippen LogP contribution in [0, 0.1) is 5.82 Å². The lowest BCUT2D eigenvalue weighted by Gasteiger charge is -2.28. The second-order valence-electron chi connectivity index (χ2n) is 7.92. The Morgan fingerprint density at radius 1 is 1.17 bits per heavy atom. The minimum atomic E-state index is -4.59. The SMILES string of the molecule is C=CC(CC(C)(O)CNC(=O)COc1ccc(C(F)(F)F)nc1)NC(=O)COc1ccc(Cl)c(F)c1. The topological polar surface area (TPSA) is 110 Å². The highest BCUT2D eigenvalue weighted by Crippen LogP contribution is 2.28. The number of halogens is 5. The smallest absolute Gasteiger partial charge is 0.433 e. The summed E-state index contributed by atoms with van der Waals surface area (Å²) in [5, 5.41) is 15.5. The molecule has 2 amide bonds. The fraction of sp³-hybridized carbons (Fsp3) is 0.348. The summed E-state index contributed by atoms with van der Waals surface area (Å²) in [6.45, 7) is 3.85. The number of carbonyl (C=O) groups excluding carboxylic acids is 2. The van der Waals surface area contributed by atoms with E-state index in [4.69, 9.17) is 21.1 Å². The quantitative estimate of drug-likeness (QED) is 0.285. The molecule has 0 aliphatic carbocycles. The van der Waals surface area contributed by atoms with Crippen molar-refractivity contribution in [3.63, 3.8) is 0 Å². The molecule has 2 atom stereocenters. The van der Waals surface area contributed by atoms with Crippen LogP contribution in [-0.4, -0.2) is 53.3 Å². The molecule has 0 spiro atoms. The molecule has 2 unspecified atom stereocenters. The Labute approximate surface area is 209 Å². The molecule has 36 heavy (non-hydrogen) atoms. The standard InChI is InChI=1S/C23H24ClF4N3O5/c1-3-14(31-21(33)12-35-15-4-6-17(24)18(25)8-15)9-22(2,34)13-30-20(32)11-36-16-5-7-19(29-10-16)23(26,27)28/h3-8,10,14,34H,1,9,11-13H2,2H3,(H,30,32)(H,31,33). The molecule has 196 valence electrons. The number of amides is 2. The molecule has 1 aromatic carbocycles. The highest BCUT2D eigenvalue weighted by molar-refractivity contribution is 6.30. The lowest BCUT2D eigenvalue weighted by atomic mass is 9.96. The number of aliphatic hydroxyl groups is 1. The van der Waals surface area contributed by atoms with Gasteiger partial charge >= 0.3 is 6.18 Å². The number of rotatable bonds is 12. The molecule has 0 saturated carbocycles. The zero-order valence-corrected chi connectivity index (χ0v) is 19.8. The van der Waals surface area contributed by atoms with Gasteiger partial charge in [0.1, 0.15) is 23.0 Å². The summed E-state index contributed by atoms with van der Waals surface area (Å²) in [4.78, 5) is 27.4. The van der Waals surface area contributed by atoms with Crippen LogP contribution in [0.4, 0.5) is 17.6 Å². The second-order valence-corrected chi connectivity index (χ2v) is 8.32. The van der Waals surface area contributed by atoms with Gasteiger partial charge in [0, 0.05) is 25.1 Å². The van der Waals surface area contributed by atoms with Crippen molar-refractivity contribution in [2.45, 2.75) is 31.2 Å². The van der Waals surface area contributed by atoms with Gasteiger partial charge in [-0.05, 0) is 31.2 Å². The largest absolute Gasteiger partial charge is 0.484 e. The summed E-state index contributed by atoms with van der Waals surface area (Å²) in [6, 6.07) is 4.78. The molecule has 2 aromatic rings. The summed E-state index contributed by atoms with van der Waals surface area (Å²) in [5.41, 5.74) is -2.57. The van der Waals surface area contributed by atoms with Crippen molar-refractivity contribution in [3.8, 4) is 11.5 Å². The average Bonchev–Trinajstić information content (AvgIpc) is 2.81. The molecule has 1 aromatic heterocycles. The summed E-state index contributed by atoms with van der Waals surface area (Å²) in [7, 11) is 0. The maximum absolute atomic E-state index is 13.4. The predicted molar refractivity (Wildman–Crippen MR) is 122 cm³/mol. The molecule has 1 heterocycles. The molecular weight excluding hydrogens is 510 g/mol. The third-order valence-electron chi connectivity index (χ3n) is 4.61. The van der Waals surface area contributed by atoms with Crippen LogP contribution in [0.5, 0.6) is 11.5 Å². The first kappa shape index (κ1) is 28.9. The minimum Gasteiger partial charge on any atom is -0.484 e. The van der Waals surface area contributed by atoms with Crippen LogP contribution in [0.1, 0.15) is 19.0 Å². The third-order valence-corrected chi connectivity index (χ3v) is 4.92. The fourth-order valence-electron chi connectivity index (χ4n) is 2.83. The zero-order chi connectivity index (χ0) is 26.9. The van der Waals surface area contributed by atoms with Crippen LogP contribution in [0.15, 0.2) is 49.2 Å².